The molecule has 4 aromatic carbocycles. The third kappa shape index (κ3) is 7.75. The molecule has 2 saturated heterocycles. The van der Waals surface area contributed by atoms with Crippen LogP contribution < -0.4 is 16.3 Å². The van der Waals surface area contributed by atoms with Gasteiger partial charge >= 0.3 is 11.7 Å². The summed E-state index contributed by atoms with van der Waals surface area (Å²) in [5.74, 6) is 2.37. The maximum Gasteiger partial charge on any atom is 0.326 e. The Morgan fingerprint density at radius 2 is 1.48 bits per heavy atom. The lowest BCUT2D eigenvalue weighted by Crippen LogP contribution is -2.61. The second kappa shape index (κ2) is 15.8. The number of nitrogens with zero attached hydrogens (tertiary/aromatic N) is 2. The topological polar surface area (TPSA) is 121 Å². The van der Waals surface area contributed by atoms with Crippen LogP contribution in [0.25, 0.3) is 22.2 Å². The Morgan fingerprint density at radius 1 is 0.776 bits per heavy atom. The number of hydrogen-bond acceptors (Lipinski definition) is 6. The van der Waals surface area contributed by atoms with Gasteiger partial charge in [0.15, 0.2) is 6.29 Å². The third-order valence-corrected chi connectivity index (χ3v) is 13.9. The molecule has 3 heterocycles. The molecule has 2 aliphatic heterocycles. The van der Waals surface area contributed by atoms with Gasteiger partial charge in [-0.05, 0) is 115 Å². The van der Waals surface area contributed by atoms with E-state index in [1.807, 2.05) is 41.0 Å². The van der Waals surface area contributed by atoms with Crippen LogP contribution in [0.1, 0.15) is 98.5 Å². The number of hydrogen-bond donors (Lipinski definition) is 4. The van der Waals surface area contributed by atoms with Gasteiger partial charge in [-0.3, -0.25) is 4.57 Å². The Bertz CT molecular complexity index is 2260. The van der Waals surface area contributed by atoms with Gasteiger partial charge in [-0.15, -0.1) is 0 Å². The van der Waals surface area contributed by atoms with E-state index in [1.165, 1.54) is 19.3 Å². The van der Waals surface area contributed by atoms with E-state index in [4.69, 9.17) is 9.47 Å². The van der Waals surface area contributed by atoms with Crippen LogP contribution in [0.15, 0.2) is 102 Å². The second-order valence-electron chi connectivity index (χ2n) is 18.0. The SMILES string of the molecule is O=C(NCc1cccc(-c2ccc([C@@H]3O[C@H](CN4CCC(n5c(=O)[nH]c6ccccc65)CC4)C[C@H](c4ccc(CO)cc4)O3)cc2)c1)NC12CC3CC(CC(C3)C1)C2. The number of carbonyl (C=O) groups excluding carboxylic acids is 1. The summed E-state index contributed by atoms with van der Waals surface area (Å²) in [4.78, 5) is 31.6. The number of urea groups is 1. The van der Waals surface area contributed by atoms with Crippen LogP contribution in [0, 0.1) is 17.8 Å². The fraction of sp³-hybridized carbons (Fsp3) is 0.458. The number of amides is 2. The normalized spacial score (nSPS) is 28.5. The standard InChI is InChI=1S/C48H55N5O5/c54-30-31-8-10-37(11-9-31)44-24-41(29-52-18-16-40(17-19-52)53-43-7-2-1-6-42(43)50-47(53)56)57-45(58-44)38-14-12-36(13-15-38)39-5-3-4-32(23-39)28-49-46(55)51-48-25-33-20-34(26-48)22-35(21-33)27-48/h1-15,23,33-35,40-41,44-45,54H,16-22,24-30H2,(H,50,56)(H2,49,51,55)/t33?,34?,35?,41-,44+,45+,48?/m0/s1. The molecule has 6 fully saturated rings. The molecule has 3 atom stereocenters. The van der Waals surface area contributed by atoms with Gasteiger partial charge in [0.05, 0.1) is 29.8 Å². The lowest BCUT2D eigenvalue weighted by Gasteiger charge is -2.56. The zero-order chi connectivity index (χ0) is 39.2. The fourth-order valence-corrected chi connectivity index (χ4v) is 11.5. The summed E-state index contributed by atoms with van der Waals surface area (Å²) < 4.78 is 15.4. The molecule has 4 aliphatic carbocycles. The minimum atomic E-state index is -0.541. The first-order valence-corrected chi connectivity index (χ1v) is 21.5. The average molecular weight is 782 g/mol. The minimum Gasteiger partial charge on any atom is -0.392 e. The quantitative estimate of drug-likeness (QED) is 0.114. The van der Waals surface area contributed by atoms with Crippen LogP contribution >= 0.6 is 0 Å². The second-order valence-corrected chi connectivity index (χ2v) is 18.0. The fourth-order valence-electron chi connectivity index (χ4n) is 11.5. The molecule has 11 rings (SSSR count). The summed E-state index contributed by atoms with van der Waals surface area (Å²) in [6.45, 7) is 3.03. The van der Waals surface area contributed by atoms with E-state index >= 15 is 0 Å². The van der Waals surface area contributed by atoms with Gasteiger partial charge in [-0.2, -0.15) is 0 Å². The third-order valence-electron chi connectivity index (χ3n) is 13.9. The number of aliphatic hydroxyl groups is 1. The Morgan fingerprint density at radius 3 is 2.21 bits per heavy atom. The summed E-state index contributed by atoms with van der Waals surface area (Å²) in [7, 11) is 0. The predicted octanol–water partition coefficient (Wildman–Crippen LogP) is 8.14. The van der Waals surface area contributed by atoms with Crippen LogP contribution in [-0.4, -0.2) is 56.9 Å². The van der Waals surface area contributed by atoms with Crippen molar-refractivity contribution in [1.82, 2.24) is 25.1 Å². The van der Waals surface area contributed by atoms with Crippen LogP contribution in [0.4, 0.5) is 4.79 Å². The van der Waals surface area contributed by atoms with Gasteiger partial charge in [-0.25, -0.2) is 9.59 Å². The highest BCUT2D eigenvalue weighted by Crippen LogP contribution is 2.55. The molecule has 6 aliphatic rings. The van der Waals surface area contributed by atoms with E-state index in [0.29, 0.717) is 6.54 Å². The lowest BCUT2D eigenvalue weighted by molar-refractivity contribution is -0.253. The van der Waals surface area contributed by atoms with Crippen molar-refractivity contribution in [1.29, 1.82) is 0 Å². The number of para-hydroxylation sites is 2. The van der Waals surface area contributed by atoms with Crippen molar-refractivity contribution >= 4 is 17.1 Å². The summed E-state index contributed by atoms with van der Waals surface area (Å²) in [5, 5.41) is 16.3. The van der Waals surface area contributed by atoms with Gasteiger partial charge in [0.1, 0.15) is 0 Å². The molecule has 0 unspecified atom stereocenters. The van der Waals surface area contributed by atoms with Crippen molar-refractivity contribution in [3.63, 3.8) is 0 Å². The molecule has 10 nitrogen and oxygen atoms in total. The molecule has 4 bridgehead atoms. The molecule has 1 aromatic heterocycles. The summed E-state index contributed by atoms with van der Waals surface area (Å²) in [6, 6.07) is 32.9. The van der Waals surface area contributed by atoms with Gasteiger partial charge in [-0.1, -0.05) is 78.9 Å². The lowest BCUT2D eigenvalue weighted by atomic mass is 9.53. The summed E-state index contributed by atoms with van der Waals surface area (Å²) in [5.41, 5.74) is 7.97. The number of carbonyl (C=O) groups is 1. The van der Waals surface area contributed by atoms with Crippen LogP contribution in [0.2, 0.25) is 0 Å². The maximum absolute atomic E-state index is 13.2. The van der Waals surface area contributed by atoms with Crippen LogP contribution in [-0.2, 0) is 22.6 Å². The van der Waals surface area contributed by atoms with Crippen molar-refractivity contribution in [3.8, 4) is 11.1 Å². The molecular weight excluding hydrogens is 727 g/mol. The number of fused-ring (bicyclic) bond motifs is 1. The van der Waals surface area contributed by atoms with E-state index in [-0.39, 0.29) is 42.1 Å². The molecule has 302 valence electrons. The Balaban J connectivity index is 0.794. The zero-order valence-electron chi connectivity index (χ0n) is 33.2. The Labute approximate surface area is 339 Å². The largest absolute Gasteiger partial charge is 0.392 e. The van der Waals surface area contributed by atoms with E-state index in [9.17, 15) is 14.7 Å². The number of H-pyrrole nitrogens is 1. The first kappa shape index (κ1) is 37.5. The number of likely N-dealkylation sites (tertiary alicyclic amines) is 1. The van der Waals surface area contributed by atoms with Crippen LogP contribution in [0.3, 0.4) is 0 Å². The number of benzene rings is 4. The highest BCUT2D eigenvalue weighted by molar-refractivity contribution is 5.75. The van der Waals surface area contributed by atoms with Gasteiger partial charge in [0.2, 0.25) is 0 Å². The number of rotatable bonds is 10. The first-order chi connectivity index (χ1) is 28.3. The first-order valence-electron chi connectivity index (χ1n) is 21.5. The minimum absolute atomic E-state index is 0.00210. The molecule has 2 amide bonds. The van der Waals surface area contributed by atoms with Crippen LogP contribution in [0.5, 0.6) is 0 Å². The Kier molecular flexibility index (Phi) is 10.2. The average Bonchev–Trinajstić information content (AvgIpc) is 3.58. The van der Waals surface area contributed by atoms with Crippen molar-refractivity contribution in [2.75, 3.05) is 19.6 Å². The predicted molar refractivity (Wildman–Crippen MR) is 224 cm³/mol. The van der Waals surface area contributed by atoms with E-state index in [1.54, 1.807) is 0 Å². The number of aromatic amines is 1. The number of ether oxygens (including phenoxy) is 2. The number of aliphatic hydroxyl groups excluding tert-OH is 1. The smallest absolute Gasteiger partial charge is 0.326 e. The number of piperidine rings is 1. The van der Waals surface area contributed by atoms with Gasteiger partial charge in [0.25, 0.3) is 0 Å². The molecule has 10 heteroatoms. The number of imidazole rings is 1. The van der Waals surface area contributed by atoms with Gasteiger partial charge < -0.3 is 35.1 Å². The van der Waals surface area contributed by atoms with E-state index in [2.05, 4.69) is 81.2 Å². The highest BCUT2D eigenvalue weighted by Gasteiger charge is 2.51. The summed E-state index contributed by atoms with van der Waals surface area (Å²) in [6.07, 6.45) is 9.25. The molecule has 4 saturated carbocycles. The molecule has 0 radical (unpaired) electrons. The van der Waals surface area contributed by atoms with E-state index < -0.39 is 6.29 Å². The van der Waals surface area contributed by atoms with Crippen molar-refractivity contribution in [2.45, 2.75) is 101 Å². The van der Waals surface area contributed by atoms with Crippen molar-refractivity contribution < 1.29 is 19.4 Å². The molecule has 4 N–H and O–H groups in total. The monoisotopic (exact) mass is 781 g/mol. The molecule has 0 spiro atoms. The van der Waals surface area contributed by atoms with E-state index in [0.717, 1.165) is 120 Å². The van der Waals surface area contributed by atoms with Gasteiger partial charge in [0, 0.05) is 49.7 Å². The molecular formula is C48H55N5O5. The number of nitrogens with one attached hydrogen (secondary N) is 3. The number of aromatic nitrogens is 2. The Hall–Kier alpha value is -4.74. The van der Waals surface area contributed by atoms with Crippen molar-refractivity contribution in [3.05, 3.63) is 130 Å². The zero-order valence-corrected chi connectivity index (χ0v) is 33.2. The highest BCUT2D eigenvalue weighted by atomic mass is 16.7. The molecule has 58 heavy (non-hydrogen) atoms. The summed E-state index contributed by atoms with van der Waals surface area (Å²) >= 11 is 0. The molecule has 5 aromatic rings. The maximum atomic E-state index is 13.2. The van der Waals surface area contributed by atoms with Crippen molar-refractivity contribution in [2.24, 2.45) is 17.8 Å².